The third kappa shape index (κ3) is 3.01. The molecule has 1 aromatic carbocycles. The normalized spacial score (nSPS) is 23.6. The second-order valence-electron chi connectivity index (χ2n) is 7.34. The van der Waals surface area contributed by atoms with Crippen LogP contribution in [0.4, 0.5) is 4.79 Å². The molecule has 3 rings (SSSR count). The van der Waals surface area contributed by atoms with Crippen molar-refractivity contribution in [2.45, 2.75) is 51.6 Å². The van der Waals surface area contributed by atoms with Crippen LogP contribution in [0.5, 0.6) is 0 Å². The summed E-state index contributed by atoms with van der Waals surface area (Å²) in [5.41, 5.74) is 0.927. The van der Waals surface area contributed by atoms with E-state index in [1.807, 2.05) is 45.0 Å². The molecule has 1 heterocycles. The standard InChI is InChI=1S/C19H25N3O3/c1-12(2)13(3)20-16(23)11-22-17(24)19(21-18(22)25)10-6-8-14-7-4-5-9-15(14)19/h4-5,7,9,12-13H,6,8,10-11H2,1-3H3,(H,20,23)(H,21,25)/t13-,19+/m1/s1. The molecule has 4 amide bonds. The van der Waals surface area contributed by atoms with Crippen LogP contribution < -0.4 is 10.6 Å². The molecule has 0 radical (unpaired) electrons. The molecule has 2 N–H and O–H groups in total. The largest absolute Gasteiger partial charge is 0.352 e. The van der Waals surface area contributed by atoms with Crippen molar-refractivity contribution >= 4 is 17.8 Å². The molecule has 1 aliphatic carbocycles. The molecule has 0 saturated carbocycles. The molecule has 0 aromatic heterocycles. The number of imide groups is 1. The molecule has 25 heavy (non-hydrogen) atoms. The van der Waals surface area contributed by atoms with E-state index < -0.39 is 11.6 Å². The lowest BCUT2D eigenvalue weighted by atomic mass is 9.76. The highest BCUT2D eigenvalue weighted by Crippen LogP contribution is 2.39. The van der Waals surface area contributed by atoms with Crippen LogP contribution in [0.1, 0.15) is 44.7 Å². The summed E-state index contributed by atoms with van der Waals surface area (Å²) in [7, 11) is 0. The average Bonchev–Trinajstić information content (AvgIpc) is 2.80. The van der Waals surface area contributed by atoms with Crippen LogP contribution in [0.2, 0.25) is 0 Å². The Labute approximate surface area is 148 Å². The van der Waals surface area contributed by atoms with E-state index in [-0.39, 0.29) is 30.3 Å². The van der Waals surface area contributed by atoms with Gasteiger partial charge in [0.15, 0.2) is 0 Å². The highest BCUT2D eigenvalue weighted by Gasteiger charge is 2.54. The Morgan fingerprint density at radius 3 is 2.72 bits per heavy atom. The molecular weight excluding hydrogens is 318 g/mol. The Bertz CT molecular complexity index is 716. The van der Waals surface area contributed by atoms with Gasteiger partial charge in [0.1, 0.15) is 12.1 Å². The fraction of sp³-hybridized carbons (Fsp3) is 0.526. The van der Waals surface area contributed by atoms with E-state index in [1.165, 1.54) is 0 Å². The van der Waals surface area contributed by atoms with Crippen LogP contribution in [0.25, 0.3) is 0 Å². The maximum Gasteiger partial charge on any atom is 0.325 e. The van der Waals surface area contributed by atoms with Gasteiger partial charge < -0.3 is 10.6 Å². The third-order valence-corrected chi connectivity index (χ3v) is 5.34. The van der Waals surface area contributed by atoms with Gasteiger partial charge in [-0.05, 0) is 43.2 Å². The smallest absolute Gasteiger partial charge is 0.325 e. The van der Waals surface area contributed by atoms with Gasteiger partial charge in [0.05, 0.1) is 0 Å². The van der Waals surface area contributed by atoms with Gasteiger partial charge in [0, 0.05) is 6.04 Å². The monoisotopic (exact) mass is 343 g/mol. The summed E-state index contributed by atoms with van der Waals surface area (Å²) in [5, 5.41) is 5.71. The first-order valence-electron chi connectivity index (χ1n) is 8.87. The first-order valence-corrected chi connectivity index (χ1v) is 8.87. The van der Waals surface area contributed by atoms with Gasteiger partial charge in [0.25, 0.3) is 5.91 Å². The van der Waals surface area contributed by atoms with Gasteiger partial charge in [-0.1, -0.05) is 38.1 Å². The number of hydrogen-bond donors (Lipinski definition) is 2. The SMILES string of the molecule is CC(C)[C@@H](C)NC(=O)CN1C(=O)N[C@]2(CCCc3ccccc32)C1=O. The molecule has 0 unspecified atom stereocenters. The van der Waals surface area contributed by atoms with Crippen molar-refractivity contribution in [3.05, 3.63) is 35.4 Å². The van der Waals surface area contributed by atoms with E-state index in [1.54, 1.807) is 0 Å². The summed E-state index contributed by atoms with van der Waals surface area (Å²) < 4.78 is 0. The average molecular weight is 343 g/mol. The van der Waals surface area contributed by atoms with Crippen molar-refractivity contribution in [3.8, 4) is 0 Å². The zero-order chi connectivity index (χ0) is 18.2. The van der Waals surface area contributed by atoms with Crippen LogP contribution in [0.3, 0.4) is 0 Å². The zero-order valence-electron chi connectivity index (χ0n) is 15.0. The number of nitrogens with one attached hydrogen (secondary N) is 2. The first kappa shape index (κ1) is 17.5. The molecule has 1 saturated heterocycles. The summed E-state index contributed by atoms with van der Waals surface area (Å²) in [6, 6.07) is 7.21. The van der Waals surface area contributed by atoms with E-state index in [2.05, 4.69) is 10.6 Å². The summed E-state index contributed by atoms with van der Waals surface area (Å²) in [4.78, 5) is 38.8. The molecule has 6 nitrogen and oxygen atoms in total. The highest BCUT2D eigenvalue weighted by atomic mass is 16.2. The van der Waals surface area contributed by atoms with Gasteiger partial charge in [-0.3, -0.25) is 14.5 Å². The summed E-state index contributed by atoms with van der Waals surface area (Å²) >= 11 is 0. The number of nitrogens with zero attached hydrogens (tertiary/aromatic N) is 1. The lowest BCUT2D eigenvalue weighted by Crippen LogP contribution is -2.48. The van der Waals surface area contributed by atoms with E-state index >= 15 is 0 Å². The van der Waals surface area contributed by atoms with E-state index in [4.69, 9.17) is 0 Å². The molecule has 0 bridgehead atoms. The molecule has 1 aliphatic heterocycles. The topological polar surface area (TPSA) is 78.5 Å². The fourth-order valence-electron chi connectivity index (χ4n) is 3.56. The quantitative estimate of drug-likeness (QED) is 0.820. The van der Waals surface area contributed by atoms with Crippen molar-refractivity contribution in [1.82, 2.24) is 15.5 Å². The number of carbonyl (C=O) groups is 3. The zero-order valence-corrected chi connectivity index (χ0v) is 15.0. The van der Waals surface area contributed by atoms with Crippen LogP contribution >= 0.6 is 0 Å². The van der Waals surface area contributed by atoms with Crippen LogP contribution in [-0.4, -0.2) is 35.3 Å². The van der Waals surface area contributed by atoms with E-state index in [0.717, 1.165) is 28.9 Å². The maximum absolute atomic E-state index is 13.1. The predicted molar refractivity (Wildman–Crippen MR) is 93.7 cm³/mol. The van der Waals surface area contributed by atoms with Crippen molar-refractivity contribution < 1.29 is 14.4 Å². The number of aryl methyl sites for hydroxylation is 1. The minimum Gasteiger partial charge on any atom is -0.352 e. The second kappa shape index (κ2) is 6.50. The molecule has 2 atom stereocenters. The molecule has 2 aliphatic rings. The summed E-state index contributed by atoms with van der Waals surface area (Å²) in [6.45, 7) is 5.68. The van der Waals surface area contributed by atoms with E-state index in [0.29, 0.717) is 6.42 Å². The summed E-state index contributed by atoms with van der Waals surface area (Å²) in [5.74, 6) is -0.355. The Balaban J connectivity index is 1.81. The van der Waals surface area contributed by atoms with Crippen LogP contribution in [0.15, 0.2) is 24.3 Å². The maximum atomic E-state index is 13.1. The first-order chi connectivity index (χ1) is 11.8. The Kier molecular flexibility index (Phi) is 4.54. The summed E-state index contributed by atoms with van der Waals surface area (Å²) in [6.07, 6.45) is 2.29. The molecule has 6 heteroatoms. The highest BCUT2D eigenvalue weighted by molar-refractivity contribution is 6.09. The van der Waals surface area contributed by atoms with Crippen molar-refractivity contribution in [2.24, 2.45) is 5.92 Å². The number of amides is 4. The Morgan fingerprint density at radius 1 is 1.28 bits per heavy atom. The molecular formula is C19H25N3O3. The molecule has 134 valence electrons. The van der Waals surface area contributed by atoms with Gasteiger partial charge >= 0.3 is 6.03 Å². The number of hydrogen-bond acceptors (Lipinski definition) is 3. The van der Waals surface area contributed by atoms with Crippen LogP contribution in [-0.2, 0) is 21.5 Å². The molecule has 1 aromatic rings. The minimum absolute atomic E-state index is 0.0161. The van der Waals surface area contributed by atoms with Gasteiger partial charge in [-0.25, -0.2) is 4.79 Å². The number of rotatable bonds is 4. The van der Waals surface area contributed by atoms with Gasteiger partial charge in [-0.2, -0.15) is 0 Å². The Hall–Kier alpha value is -2.37. The fourth-order valence-corrected chi connectivity index (χ4v) is 3.56. The van der Waals surface area contributed by atoms with Crippen LogP contribution in [0, 0.1) is 5.92 Å². The van der Waals surface area contributed by atoms with Gasteiger partial charge in [0.2, 0.25) is 5.91 Å². The predicted octanol–water partition coefficient (Wildman–Crippen LogP) is 1.93. The number of urea groups is 1. The minimum atomic E-state index is -1.02. The van der Waals surface area contributed by atoms with E-state index in [9.17, 15) is 14.4 Å². The van der Waals surface area contributed by atoms with Crippen molar-refractivity contribution in [3.63, 3.8) is 0 Å². The van der Waals surface area contributed by atoms with Crippen molar-refractivity contribution in [2.75, 3.05) is 6.54 Å². The lowest BCUT2D eigenvalue weighted by molar-refractivity contribution is -0.135. The molecule has 1 fully saturated rings. The number of carbonyl (C=O) groups excluding carboxylic acids is 3. The third-order valence-electron chi connectivity index (χ3n) is 5.34. The number of fused-ring (bicyclic) bond motifs is 2. The molecule has 1 spiro atoms. The van der Waals surface area contributed by atoms with Gasteiger partial charge in [-0.15, -0.1) is 0 Å². The second-order valence-corrected chi connectivity index (χ2v) is 7.34. The Morgan fingerprint density at radius 2 is 2.00 bits per heavy atom. The lowest BCUT2D eigenvalue weighted by Gasteiger charge is -2.33. The van der Waals surface area contributed by atoms with Crippen molar-refractivity contribution in [1.29, 1.82) is 0 Å². The number of benzene rings is 1.